The van der Waals surface area contributed by atoms with Gasteiger partial charge in [0, 0.05) is 32.2 Å². The lowest BCUT2D eigenvalue weighted by molar-refractivity contribution is -0.134. The fourth-order valence-corrected chi connectivity index (χ4v) is 6.06. The van der Waals surface area contributed by atoms with E-state index in [1.807, 2.05) is 11.8 Å². The van der Waals surface area contributed by atoms with E-state index in [2.05, 4.69) is 0 Å². The van der Waals surface area contributed by atoms with Gasteiger partial charge < -0.3 is 14.7 Å². The molecule has 0 bridgehead atoms. The fraction of sp³-hybridized carbons (Fsp3) is 0.375. The van der Waals surface area contributed by atoms with Crippen molar-refractivity contribution < 1.29 is 31.8 Å². The minimum Gasteiger partial charge on any atom is -0.476 e. The third kappa shape index (κ3) is 6.14. The van der Waals surface area contributed by atoms with E-state index in [-0.39, 0.29) is 29.0 Å². The number of benzene rings is 2. The number of likely N-dealkylation sites (N-methyl/N-ethyl adjacent to an activating group) is 1. The Hall–Kier alpha value is -2.63. The van der Waals surface area contributed by atoms with Crippen LogP contribution in [0.25, 0.3) is 0 Å². The zero-order chi connectivity index (χ0) is 25.8. The Labute approximate surface area is 208 Å². The Bertz CT molecular complexity index is 1220. The second-order valence-electron chi connectivity index (χ2n) is 8.19. The molecular weight excluding hydrogens is 498 g/mol. The highest BCUT2D eigenvalue weighted by Gasteiger charge is 2.37. The average Bonchev–Trinajstić information content (AvgIpc) is 2.89. The lowest BCUT2D eigenvalue weighted by atomic mass is 10.1. The number of halogens is 2. The molecule has 0 radical (unpaired) electrons. The molecule has 0 aromatic heterocycles. The van der Waals surface area contributed by atoms with Crippen LogP contribution in [-0.4, -0.2) is 49.7 Å². The Morgan fingerprint density at radius 1 is 1.31 bits per heavy atom. The van der Waals surface area contributed by atoms with E-state index in [0.29, 0.717) is 35.4 Å². The van der Waals surface area contributed by atoms with Crippen LogP contribution in [0.15, 0.2) is 58.3 Å². The van der Waals surface area contributed by atoms with Crippen molar-refractivity contribution in [2.24, 2.45) is 0 Å². The van der Waals surface area contributed by atoms with Crippen molar-refractivity contribution in [2.45, 2.75) is 48.6 Å². The molecule has 1 heterocycles. The molecule has 1 atom stereocenters. The normalized spacial score (nSPS) is 18.1. The molecule has 3 rings (SSSR count). The summed E-state index contributed by atoms with van der Waals surface area (Å²) in [5.41, 5.74) is 1.10. The van der Waals surface area contributed by atoms with E-state index in [1.165, 1.54) is 41.3 Å². The van der Waals surface area contributed by atoms with Crippen molar-refractivity contribution >= 4 is 33.4 Å². The maximum Gasteiger partial charge on any atom is 0.368 e. The molecule has 0 amide bonds. The van der Waals surface area contributed by atoms with Gasteiger partial charge in [-0.3, -0.25) is 0 Å². The Balaban J connectivity index is 2.16. The summed E-state index contributed by atoms with van der Waals surface area (Å²) in [6.07, 6.45) is 4.55. The molecule has 35 heavy (non-hydrogen) atoms. The van der Waals surface area contributed by atoms with Gasteiger partial charge in [0.05, 0.1) is 10.6 Å². The van der Waals surface area contributed by atoms with Gasteiger partial charge in [-0.25, -0.2) is 17.6 Å². The minimum absolute atomic E-state index is 0.0161. The lowest BCUT2D eigenvalue weighted by Crippen LogP contribution is -2.41. The number of thioether (sulfide) groups is 1. The molecule has 0 aliphatic carbocycles. The van der Waals surface area contributed by atoms with Gasteiger partial charge in [-0.2, -0.15) is 8.70 Å². The second-order valence-corrected chi connectivity index (χ2v) is 11.0. The zero-order valence-electron chi connectivity index (χ0n) is 19.7. The topological polar surface area (TPSA) is 87.1 Å². The SMILES string of the molecule is CCCCC1CN(Cc2cccc(F)c2)c2cc(SC)c(O/C=C(\F)C(=O)O)cc2S(=O)(=O)N1C. The number of aliphatic carboxylic acids is 1. The molecule has 7 nitrogen and oxygen atoms in total. The van der Waals surface area contributed by atoms with E-state index < -0.39 is 21.8 Å². The number of fused-ring (bicyclic) bond motifs is 1. The largest absolute Gasteiger partial charge is 0.476 e. The van der Waals surface area contributed by atoms with Gasteiger partial charge in [0.2, 0.25) is 15.9 Å². The molecule has 1 aliphatic heterocycles. The third-order valence-corrected chi connectivity index (χ3v) is 8.53. The summed E-state index contributed by atoms with van der Waals surface area (Å²) in [5, 5.41) is 8.76. The van der Waals surface area contributed by atoms with Crippen LogP contribution in [0.4, 0.5) is 14.5 Å². The first-order valence-electron chi connectivity index (χ1n) is 11.0. The van der Waals surface area contributed by atoms with Crippen LogP contribution in [0.1, 0.15) is 31.7 Å². The van der Waals surface area contributed by atoms with E-state index in [9.17, 15) is 22.0 Å². The molecule has 11 heteroatoms. The van der Waals surface area contributed by atoms with Crippen molar-refractivity contribution in [3.8, 4) is 5.75 Å². The number of carboxylic acid groups (broad SMARTS) is 1. The Kier molecular flexibility index (Phi) is 8.79. The highest BCUT2D eigenvalue weighted by atomic mass is 32.2. The van der Waals surface area contributed by atoms with Crippen molar-refractivity contribution in [2.75, 3.05) is 24.7 Å². The third-order valence-electron chi connectivity index (χ3n) is 5.84. The quantitative estimate of drug-likeness (QED) is 0.279. The standard InChI is InChI=1S/C24H28F2N2O5S2/c1-4-5-9-18-14-28(13-16-7-6-8-17(25)10-16)20-11-22(34-3)21(33-15-19(26)24(29)30)12-23(20)35(31,32)27(18)2/h6-8,10-12,15,18H,4-5,9,13-14H2,1-3H3,(H,29,30)/b19-15-. The van der Waals surface area contributed by atoms with Crippen LogP contribution in [0, 0.1) is 5.82 Å². The number of anilines is 1. The maximum absolute atomic E-state index is 13.9. The highest BCUT2D eigenvalue weighted by molar-refractivity contribution is 7.98. The molecule has 0 spiro atoms. The van der Waals surface area contributed by atoms with Crippen molar-refractivity contribution in [3.63, 3.8) is 0 Å². The number of rotatable bonds is 9. The zero-order valence-corrected chi connectivity index (χ0v) is 21.3. The maximum atomic E-state index is 13.9. The summed E-state index contributed by atoms with van der Waals surface area (Å²) in [6.45, 7) is 2.70. The van der Waals surface area contributed by atoms with Crippen molar-refractivity contribution in [3.05, 3.63) is 59.9 Å². The van der Waals surface area contributed by atoms with Gasteiger partial charge in [0.25, 0.3) is 0 Å². The average molecular weight is 527 g/mol. The number of hydrogen-bond acceptors (Lipinski definition) is 6. The molecule has 190 valence electrons. The van der Waals surface area contributed by atoms with E-state index in [1.54, 1.807) is 24.5 Å². The molecule has 0 fully saturated rings. The first-order valence-corrected chi connectivity index (χ1v) is 13.7. The molecule has 0 saturated heterocycles. The lowest BCUT2D eigenvalue weighted by Gasteiger charge is -2.29. The summed E-state index contributed by atoms with van der Waals surface area (Å²) in [5.74, 6) is -3.68. The predicted molar refractivity (Wildman–Crippen MR) is 131 cm³/mol. The number of unbranched alkanes of at least 4 members (excludes halogenated alkanes) is 1. The molecule has 2 aromatic rings. The molecule has 0 saturated carbocycles. The number of nitrogens with zero attached hydrogens (tertiary/aromatic N) is 2. The smallest absolute Gasteiger partial charge is 0.368 e. The molecule has 1 N–H and O–H groups in total. The first kappa shape index (κ1) is 27.0. The number of sulfonamides is 1. The minimum atomic E-state index is -3.97. The Morgan fingerprint density at radius 2 is 2.06 bits per heavy atom. The van der Waals surface area contributed by atoms with Crippen LogP contribution in [0.3, 0.4) is 0 Å². The number of ether oxygens (including phenoxy) is 1. The number of carbonyl (C=O) groups is 1. The Morgan fingerprint density at radius 3 is 2.69 bits per heavy atom. The van der Waals surface area contributed by atoms with Gasteiger partial charge >= 0.3 is 5.97 Å². The predicted octanol–water partition coefficient (Wildman–Crippen LogP) is 5.02. The molecule has 2 aromatic carbocycles. The fourth-order valence-electron chi connectivity index (χ4n) is 3.94. The summed E-state index contributed by atoms with van der Waals surface area (Å²) in [4.78, 5) is 13.1. The van der Waals surface area contributed by atoms with E-state index >= 15 is 0 Å². The van der Waals surface area contributed by atoms with Gasteiger partial charge in [-0.15, -0.1) is 11.8 Å². The summed E-state index contributed by atoms with van der Waals surface area (Å²) in [6, 6.07) is 8.74. The highest BCUT2D eigenvalue weighted by Crippen LogP contribution is 2.41. The van der Waals surface area contributed by atoms with Gasteiger partial charge in [0.1, 0.15) is 22.7 Å². The van der Waals surface area contributed by atoms with Gasteiger partial charge in [-0.1, -0.05) is 31.9 Å². The molecule has 1 aliphatic rings. The summed E-state index contributed by atoms with van der Waals surface area (Å²) < 4.78 is 61.3. The summed E-state index contributed by atoms with van der Waals surface area (Å²) >= 11 is 1.24. The van der Waals surface area contributed by atoms with Crippen LogP contribution in [0.5, 0.6) is 5.75 Å². The first-order chi connectivity index (χ1) is 16.6. The molecular formula is C24H28F2N2O5S2. The van der Waals surface area contributed by atoms with Gasteiger partial charge in [0.15, 0.2) is 0 Å². The van der Waals surface area contributed by atoms with Crippen LogP contribution >= 0.6 is 11.8 Å². The van der Waals surface area contributed by atoms with E-state index in [0.717, 1.165) is 12.8 Å². The van der Waals surface area contributed by atoms with Crippen LogP contribution in [-0.2, 0) is 21.4 Å². The van der Waals surface area contributed by atoms with Crippen LogP contribution in [0.2, 0.25) is 0 Å². The monoisotopic (exact) mass is 526 g/mol. The van der Waals surface area contributed by atoms with Crippen LogP contribution < -0.4 is 9.64 Å². The van der Waals surface area contributed by atoms with Gasteiger partial charge in [-0.05, 0) is 36.4 Å². The number of hydrogen-bond donors (Lipinski definition) is 1. The second kappa shape index (κ2) is 11.4. The van der Waals surface area contributed by atoms with E-state index in [4.69, 9.17) is 9.84 Å². The number of carboxylic acids is 1. The van der Waals surface area contributed by atoms with Crippen molar-refractivity contribution in [1.82, 2.24) is 4.31 Å². The van der Waals surface area contributed by atoms with Crippen molar-refractivity contribution in [1.29, 1.82) is 0 Å². The summed E-state index contributed by atoms with van der Waals surface area (Å²) in [7, 11) is -2.45. The molecule has 1 unspecified atom stereocenters.